The predicted octanol–water partition coefficient (Wildman–Crippen LogP) is 4.93. The van der Waals surface area contributed by atoms with Gasteiger partial charge in [-0.1, -0.05) is 60.3 Å². The van der Waals surface area contributed by atoms with Gasteiger partial charge in [-0.05, 0) is 49.1 Å². The molecule has 32 heavy (non-hydrogen) atoms. The molecular formula is C25H25N5OS. The first-order valence-electron chi connectivity index (χ1n) is 10.5. The van der Waals surface area contributed by atoms with Crippen molar-refractivity contribution in [1.29, 1.82) is 0 Å². The van der Waals surface area contributed by atoms with E-state index in [1.807, 2.05) is 62.4 Å². The van der Waals surface area contributed by atoms with Crippen molar-refractivity contribution in [2.45, 2.75) is 32.0 Å². The topological polar surface area (TPSA) is 72.7 Å². The molecule has 0 spiro atoms. The number of anilines is 1. The Morgan fingerprint density at radius 2 is 1.75 bits per heavy atom. The van der Waals surface area contributed by atoms with E-state index in [0.717, 1.165) is 39.8 Å². The summed E-state index contributed by atoms with van der Waals surface area (Å²) in [7, 11) is 0. The van der Waals surface area contributed by atoms with Gasteiger partial charge in [0.1, 0.15) is 0 Å². The highest BCUT2D eigenvalue weighted by Gasteiger charge is 2.16. The van der Waals surface area contributed by atoms with E-state index in [1.54, 1.807) is 12.4 Å². The standard InChI is InChI=1S/C25H25N5OS/c1-18-8-6-9-19(2)23(18)27-22(31)17-32-25-29-28-24(21-12-7-14-26-16-21)30(25)15-13-20-10-4-3-5-11-20/h3-12,14,16H,13,15,17H2,1-2H3,(H,27,31). The Labute approximate surface area is 192 Å². The van der Waals surface area contributed by atoms with E-state index in [9.17, 15) is 4.79 Å². The third-order valence-electron chi connectivity index (χ3n) is 5.18. The van der Waals surface area contributed by atoms with Gasteiger partial charge >= 0.3 is 0 Å². The average Bonchev–Trinajstić information content (AvgIpc) is 3.23. The van der Waals surface area contributed by atoms with Crippen LogP contribution in [-0.2, 0) is 17.8 Å². The van der Waals surface area contributed by atoms with Crippen molar-refractivity contribution in [3.05, 3.63) is 89.7 Å². The molecule has 0 aliphatic heterocycles. The van der Waals surface area contributed by atoms with Crippen LogP contribution < -0.4 is 5.32 Å². The molecule has 0 fully saturated rings. The van der Waals surface area contributed by atoms with Gasteiger partial charge in [-0.3, -0.25) is 9.78 Å². The molecule has 4 rings (SSSR count). The summed E-state index contributed by atoms with van der Waals surface area (Å²) < 4.78 is 2.07. The number of hydrogen-bond acceptors (Lipinski definition) is 5. The maximum absolute atomic E-state index is 12.7. The molecule has 2 heterocycles. The van der Waals surface area contributed by atoms with E-state index in [0.29, 0.717) is 6.54 Å². The number of aryl methyl sites for hydroxylation is 3. The number of hydrogen-bond donors (Lipinski definition) is 1. The van der Waals surface area contributed by atoms with Crippen molar-refractivity contribution < 1.29 is 4.79 Å². The number of rotatable bonds is 8. The molecular weight excluding hydrogens is 418 g/mol. The molecule has 2 aromatic heterocycles. The number of pyridine rings is 1. The summed E-state index contributed by atoms with van der Waals surface area (Å²) in [6.07, 6.45) is 4.36. The molecule has 0 saturated heterocycles. The highest BCUT2D eigenvalue weighted by molar-refractivity contribution is 7.99. The lowest BCUT2D eigenvalue weighted by molar-refractivity contribution is -0.113. The maximum atomic E-state index is 12.7. The minimum atomic E-state index is -0.0621. The van der Waals surface area contributed by atoms with Crippen LogP contribution in [0.5, 0.6) is 0 Å². The smallest absolute Gasteiger partial charge is 0.234 e. The van der Waals surface area contributed by atoms with Gasteiger partial charge in [-0.2, -0.15) is 0 Å². The van der Waals surface area contributed by atoms with Crippen molar-refractivity contribution in [3.8, 4) is 11.4 Å². The molecule has 0 saturated carbocycles. The summed E-state index contributed by atoms with van der Waals surface area (Å²) >= 11 is 1.39. The minimum Gasteiger partial charge on any atom is -0.325 e. The molecule has 7 heteroatoms. The second kappa shape index (κ2) is 10.2. The van der Waals surface area contributed by atoms with Gasteiger partial charge in [0.15, 0.2) is 11.0 Å². The first-order chi connectivity index (χ1) is 15.6. The van der Waals surface area contributed by atoms with Crippen LogP contribution in [0, 0.1) is 13.8 Å². The summed E-state index contributed by atoms with van der Waals surface area (Å²) in [6, 6.07) is 20.1. The quantitative estimate of drug-likeness (QED) is 0.391. The number of thioether (sulfide) groups is 1. The fourth-order valence-corrected chi connectivity index (χ4v) is 4.27. The number of aromatic nitrogens is 4. The van der Waals surface area contributed by atoms with E-state index in [1.165, 1.54) is 17.3 Å². The van der Waals surface area contributed by atoms with Crippen LogP contribution in [0.4, 0.5) is 5.69 Å². The normalized spacial score (nSPS) is 10.8. The third kappa shape index (κ3) is 5.23. The number of carbonyl (C=O) groups is 1. The number of nitrogens with one attached hydrogen (secondary N) is 1. The third-order valence-corrected chi connectivity index (χ3v) is 6.15. The predicted molar refractivity (Wildman–Crippen MR) is 129 cm³/mol. The Hall–Kier alpha value is -3.45. The van der Waals surface area contributed by atoms with Gasteiger partial charge in [0.05, 0.1) is 5.75 Å². The fraction of sp³-hybridized carbons (Fsp3) is 0.200. The molecule has 162 valence electrons. The van der Waals surface area contributed by atoms with Gasteiger partial charge in [0.2, 0.25) is 5.91 Å². The fourth-order valence-electron chi connectivity index (χ4n) is 3.51. The zero-order valence-electron chi connectivity index (χ0n) is 18.2. The molecule has 0 radical (unpaired) electrons. The van der Waals surface area contributed by atoms with E-state index >= 15 is 0 Å². The lowest BCUT2D eigenvalue weighted by Crippen LogP contribution is -2.16. The minimum absolute atomic E-state index is 0.0621. The number of carbonyl (C=O) groups excluding carboxylic acids is 1. The maximum Gasteiger partial charge on any atom is 0.234 e. The number of amides is 1. The van der Waals surface area contributed by atoms with E-state index in [2.05, 4.69) is 37.2 Å². The lowest BCUT2D eigenvalue weighted by Gasteiger charge is -2.12. The highest BCUT2D eigenvalue weighted by Crippen LogP contribution is 2.25. The van der Waals surface area contributed by atoms with Gasteiger partial charge in [0, 0.05) is 30.2 Å². The summed E-state index contributed by atoms with van der Waals surface area (Å²) in [5.41, 5.74) is 5.11. The van der Waals surface area contributed by atoms with Crippen molar-refractivity contribution in [2.75, 3.05) is 11.1 Å². The van der Waals surface area contributed by atoms with Crippen LogP contribution in [0.1, 0.15) is 16.7 Å². The van der Waals surface area contributed by atoms with Crippen LogP contribution in [-0.4, -0.2) is 31.4 Å². The molecule has 0 bridgehead atoms. The van der Waals surface area contributed by atoms with E-state index < -0.39 is 0 Å². The Bertz CT molecular complexity index is 1170. The number of para-hydroxylation sites is 1. The molecule has 1 amide bonds. The monoisotopic (exact) mass is 443 g/mol. The van der Waals surface area contributed by atoms with Crippen molar-refractivity contribution in [3.63, 3.8) is 0 Å². The number of nitrogens with zero attached hydrogens (tertiary/aromatic N) is 4. The summed E-state index contributed by atoms with van der Waals surface area (Å²) in [5, 5.41) is 12.6. The average molecular weight is 444 g/mol. The van der Waals surface area contributed by atoms with Gasteiger partial charge < -0.3 is 9.88 Å². The molecule has 1 N–H and O–H groups in total. The molecule has 6 nitrogen and oxygen atoms in total. The molecule has 2 aromatic carbocycles. The Morgan fingerprint density at radius 3 is 2.47 bits per heavy atom. The molecule has 0 aliphatic carbocycles. The summed E-state index contributed by atoms with van der Waals surface area (Å²) in [4.78, 5) is 16.9. The van der Waals surface area contributed by atoms with Crippen LogP contribution in [0.3, 0.4) is 0 Å². The van der Waals surface area contributed by atoms with Crippen LogP contribution in [0.2, 0.25) is 0 Å². The van der Waals surface area contributed by atoms with Gasteiger partial charge in [-0.15, -0.1) is 10.2 Å². The Kier molecular flexibility index (Phi) is 6.97. The SMILES string of the molecule is Cc1cccc(C)c1NC(=O)CSc1nnc(-c2cccnc2)n1CCc1ccccc1. The van der Waals surface area contributed by atoms with E-state index in [-0.39, 0.29) is 11.7 Å². The molecule has 0 atom stereocenters. The molecule has 0 unspecified atom stereocenters. The second-order valence-corrected chi connectivity index (χ2v) is 8.48. The zero-order valence-corrected chi connectivity index (χ0v) is 19.0. The van der Waals surface area contributed by atoms with Crippen molar-refractivity contribution in [1.82, 2.24) is 19.7 Å². The van der Waals surface area contributed by atoms with E-state index in [4.69, 9.17) is 0 Å². The Balaban J connectivity index is 1.51. The first-order valence-corrected chi connectivity index (χ1v) is 11.5. The second-order valence-electron chi connectivity index (χ2n) is 7.54. The first kappa shape index (κ1) is 21.8. The largest absolute Gasteiger partial charge is 0.325 e. The van der Waals surface area contributed by atoms with Crippen LogP contribution >= 0.6 is 11.8 Å². The van der Waals surface area contributed by atoms with Gasteiger partial charge in [-0.25, -0.2) is 0 Å². The molecule has 4 aromatic rings. The van der Waals surface area contributed by atoms with Gasteiger partial charge in [0.25, 0.3) is 0 Å². The van der Waals surface area contributed by atoms with Crippen molar-refractivity contribution >= 4 is 23.4 Å². The Morgan fingerprint density at radius 1 is 0.969 bits per heavy atom. The highest BCUT2D eigenvalue weighted by atomic mass is 32.2. The summed E-state index contributed by atoms with van der Waals surface area (Å²) in [5.74, 6) is 0.948. The van der Waals surface area contributed by atoms with Crippen molar-refractivity contribution in [2.24, 2.45) is 0 Å². The van der Waals surface area contributed by atoms with Crippen LogP contribution in [0.25, 0.3) is 11.4 Å². The number of benzene rings is 2. The lowest BCUT2D eigenvalue weighted by atomic mass is 10.1. The zero-order chi connectivity index (χ0) is 22.3. The molecule has 0 aliphatic rings. The summed E-state index contributed by atoms with van der Waals surface area (Å²) in [6.45, 7) is 4.70. The van der Waals surface area contributed by atoms with Crippen LogP contribution in [0.15, 0.2) is 78.2 Å².